The van der Waals surface area contributed by atoms with Crippen molar-refractivity contribution >= 4 is 27.5 Å². The second kappa shape index (κ2) is 8.39. The van der Waals surface area contributed by atoms with E-state index in [1.54, 1.807) is 0 Å². The Bertz CT molecular complexity index is 489. The predicted octanol–water partition coefficient (Wildman–Crippen LogP) is 3.19. The van der Waals surface area contributed by atoms with Crippen molar-refractivity contribution in [1.29, 1.82) is 0 Å². The van der Waals surface area contributed by atoms with Crippen molar-refractivity contribution in [3.63, 3.8) is 0 Å². The van der Waals surface area contributed by atoms with Crippen molar-refractivity contribution in [3.8, 4) is 0 Å². The number of amides is 1. The number of carbonyl (C=O) groups is 1. The summed E-state index contributed by atoms with van der Waals surface area (Å²) in [5.41, 5.74) is 7.98. The van der Waals surface area contributed by atoms with Gasteiger partial charge in [-0.1, -0.05) is 15.9 Å². The van der Waals surface area contributed by atoms with E-state index in [0.717, 1.165) is 29.4 Å². The van der Waals surface area contributed by atoms with E-state index in [2.05, 4.69) is 47.0 Å². The molecule has 1 aromatic carbocycles. The molecular formula is C16H26BrN3O. The van der Waals surface area contributed by atoms with Crippen molar-refractivity contribution < 1.29 is 4.79 Å². The van der Waals surface area contributed by atoms with E-state index >= 15 is 0 Å². The molecule has 0 aliphatic heterocycles. The molecule has 0 spiro atoms. The quantitative estimate of drug-likeness (QED) is 0.583. The van der Waals surface area contributed by atoms with Gasteiger partial charge in [-0.2, -0.15) is 0 Å². The lowest BCUT2D eigenvalue weighted by Gasteiger charge is -2.20. The molecular weight excluding hydrogens is 330 g/mol. The highest BCUT2D eigenvalue weighted by Crippen LogP contribution is 2.22. The fraction of sp³-hybridized carbons (Fsp3) is 0.562. The van der Waals surface area contributed by atoms with Crippen LogP contribution in [0.2, 0.25) is 0 Å². The summed E-state index contributed by atoms with van der Waals surface area (Å²) in [5, 5.41) is 2.96. The minimum atomic E-state index is -0.0577. The van der Waals surface area contributed by atoms with Crippen LogP contribution in [0.3, 0.4) is 0 Å². The maximum Gasteiger partial charge on any atom is 0.251 e. The third kappa shape index (κ3) is 5.67. The molecule has 0 atom stereocenters. The van der Waals surface area contributed by atoms with Crippen LogP contribution in [0.4, 0.5) is 5.69 Å². The first-order valence-electron chi connectivity index (χ1n) is 7.37. The van der Waals surface area contributed by atoms with Crippen LogP contribution >= 0.6 is 15.9 Å². The first-order valence-corrected chi connectivity index (χ1v) is 8.16. The SMILES string of the molecule is Cc1c(N)cc(Br)cc1C(=O)NCCCCN(C)C(C)C. The Balaban J connectivity index is 2.41. The van der Waals surface area contributed by atoms with Gasteiger partial charge in [0.1, 0.15) is 0 Å². The fourth-order valence-electron chi connectivity index (χ4n) is 1.98. The number of nitrogens with zero attached hydrogens (tertiary/aromatic N) is 1. The molecule has 0 heterocycles. The molecule has 21 heavy (non-hydrogen) atoms. The van der Waals surface area contributed by atoms with Gasteiger partial charge in [-0.15, -0.1) is 0 Å². The molecule has 0 bridgehead atoms. The largest absolute Gasteiger partial charge is 0.398 e. The van der Waals surface area contributed by atoms with Crippen molar-refractivity contribution in [1.82, 2.24) is 10.2 Å². The van der Waals surface area contributed by atoms with E-state index in [-0.39, 0.29) is 5.91 Å². The standard InChI is InChI=1S/C16H26BrN3O/c1-11(2)20(4)8-6-5-7-19-16(21)14-9-13(17)10-15(18)12(14)3/h9-11H,5-8,18H2,1-4H3,(H,19,21). The van der Waals surface area contributed by atoms with E-state index in [9.17, 15) is 4.79 Å². The Morgan fingerprint density at radius 3 is 2.67 bits per heavy atom. The Kier molecular flexibility index (Phi) is 7.18. The molecule has 0 aromatic heterocycles. The number of hydrogen-bond acceptors (Lipinski definition) is 3. The molecule has 0 aliphatic rings. The van der Waals surface area contributed by atoms with Gasteiger partial charge in [-0.05, 0) is 64.9 Å². The number of nitrogens with one attached hydrogen (secondary N) is 1. The third-order valence-corrected chi connectivity index (χ3v) is 4.22. The van der Waals surface area contributed by atoms with Crippen molar-refractivity contribution in [2.45, 2.75) is 39.7 Å². The van der Waals surface area contributed by atoms with Crippen molar-refractivity contribution in [2.24, 2.45) is 0 Å². The van der Waals surface area contributed by atoms with Gasteiger partial charge in [0.05, 0.1) is 0 Å². The Labute approximate surface area is 136 Å². The summed E-state index contributed by atoms with van der Waals surface area (Å²) in [4.78, 5) is 14.5. The van der Waals surface area contributed by atoms with Crippen LogP contribution in [0, 0.1) is 6.92 Å². The number of nitrogens with two attached hydrogens (primary N) is 1. The second-order valence-corrected chi connectivity index (χ2v) is 6.62. The summed E-state index contributed by atoms with van der Waals surface area (Å²) >= 11 is 3.37. The molecule has 3 N–H and O–H groups in total. The first-order chi connectivity index (χ1) is 9.82. The summed E-state index contributed by atoms with van der Waals surface area (Å²) in [6.07, 6.45) is 2.06. The average molecular weight is 356 g/mol. The maximum atomic E-state index is 12.2. The molecule has 5 heteroatoms. The summed E-state index contributed by atoms with van der Waals surface area (Å²) in [7, 11) is 2.12. The highest BCUT2D eigenvalue weighted by Gasteiger charge is 2.11. The van der Waals surface area contributed by atoms with Crippen molar-refractivity contribution in [3.05, 3.63) is 27.7 Å². The highest BCUT2D eigenvalue weighted by atomic mass is 79.9. The Morgan fingerprint density at radius 1 is 1.38 bits per heavy atom. The van der Waals surface area contributed by atoms with E-state index in [1.165, 1.54) is 0 Å². The van der Waals surface area contributed by atoms with Crippen LogP contribution in [0.15, 0.2) is 16.6 Å². The molecule has 0 saturated heterocycles. The third-order valence-electron chi connectivity index (χ3n) is 3.76. The lowest BCUT2D eigenvalue weighted by Crippen LogP contribution is -2.29. The molecule has 1 amide bonds. The minimum absolute atomic E-state index is 0.0577. The summed E-state index contributed by atoms with van der Waals surface area (Å²) in [5.74, 6) is -0.0577. The lowest BCUT2D eigenvalue weighted by atomic mass is 10.1. The first kappa shape index (κ1) is 18.0. The van der Waals surface area contributed by atoms with Crippen LogP contribution in [-0.4, -0.2) is 37.0 Å². The maximum absolute atomic E-state index is 12.2. The predicted molar refractivity (Wildman–Crippen MR) is 92.6 cm³/mol. The number of carbonyl (C=O) groups excluding carboxylic acids is 1. The van der Waals surface area contributed by atoms with Gasteiger partial charge in [0, 0.05) is 28.3 Å². The smallest absolute Gasteiger partial charge is 0.251 e. The Hall–Kier alpha value is -1.07. The average Bonchev–Trinajstić information content (AvgIpc) is 2.41. The van der Waals surface area contributed by atoms with Gasteiger partial charge in [0.15, 0.2) is 0 Å². The van der Waals surface area contributed by atoms with Gasteiger partial charge < -0.3 is 16.0 Å². The minimum Gasteiger partial charge on any atom is -0.398 e. The van der Waals surface area contributed by atoms with Crippen LogP contribution in [-0.2, 0) is 0 Å². The van der Waals surface area contributed by atoms with Gasteiger partial charge >= 0.3 is 0 Å². The number of benzene rings is 1. The fourth-order valence-corrected chi connectivity index (χ4v) is 2.45. The van der Waals surface area contributed by atoms with Gasteiger partial charge in [-0.25, -0.2) is 0 Å². The Morgan fingerprint density at radius 2 is 2.05 bits per heavy atom. The number of rotatable bonds is 7. The second-order valence-electron chi connectivity index (χ2n) is 5.70. The number of nitrogen functional groups attached to an aromatic ring is 1. The molecule has 0 unspecified atom stereocenters. The molecule has 1 aromatic rings. The van der Waals surface area contributed by atoms with E-state index in [4.69, 9.17) is 5.73 Å². The molecule has 0 fully saturated rings. The van der Waals surface area contributed by atoms with E-state index < -0.39 is 0 Å². The van der Waals surface area contributed by atoms with Gasteiger partial charge in [-0.3, -0.25) is 4.79 Å². The lowest BCUT2D eigenvalue weighted by molar-refractivity contribution is 0.0952. The number of anilines is 1. The summed E-state index contributed by atoms with van der Waals surface area (Å²) in [6.45, 7) is 7.98. The zero-order valence-electron chi connectivity index (χ0n) is 13.4. The topological polar surface area (TPSA) is 58.4 Å². The monoisotopic (exact) mass is 355 g/mol. The van der Waals surface area contributed by atoms with Gasteiger partial charge in [0.2, 0.25) is 0 Å². The van der Waals surface area contributed by atoms with Crippen LogP contribution < -0.4 is 11.1 Å². The number of halogens is 1. The van der Waals surface area contributed by atoms with Crippen LogP contribution in [0.25, 0.3) is 0 Å². The highest BCUT2D eigenvalue weighted by molar-refractivity contribution is 9.10. The summed E-state index contributed by atoms with van der Waals surface area (Å²) < 4.78 is 0.828. The zero-order chi connectivity index (χ0) is 16.0. The van der Waals surface area contributed by atoms with E-state index in [1.807, 2.05) is 19.1 Å². The van der Waals surface area contributed by atoms with Gasteiger partial charge in [0.25, 0.3) is 5.91 Å². The number of hydrogen-bond donors (Lipinski definition) is 2. The summed E-state index contributed by atoms with van der Waals surface area (Å²) in [6, 6.07) is 4.19. The normalized spacial score (nSPS) is 11.2. The number of unbranched alkanes of at least 4 members (excludes halogenated alkanes) is 1. The molecule has 0 radical (unpaired) electrons. The molecule has 4 nitrogen and oxygen atoms in total. The molecule has 1 rings (SSSR count). The van der Waals surface area contributed by atoms with Crippen molar-refractivity contribution in [2.75, 3.05) is 25.9 Å². The van der Waals surface area contributed by atoms with Crippen LogP contribution in [0.1, 0.15) is 42.6 Å². The molecule has 0 aliphatic carbocycles. The molecule has 0 saturated carbocycles. The zero-order valence-corrected chi connectivity index (χ0v) is 15.0. The molecule has 118 valence electrons. The van der Waals surface area contributed by atoms with E-state index in [0.29, 0.717) is 23.8 Å². The van der Waals surface area contributed by atoms with Crippen LogP contribution in [0.5, 0.6) is 0 Å².